The summed E-state index contributed by atoms with van der Waals surface area (Å²) < 4.78 is 7.22. The molecule has 2 aromatic heterocycles. The molecule has 5 N–H and O–H groups in total. The summed E-state index contributed by atoms with van der Waals surface area (Å²) in [5.41, 5.74) is 4.78. The first-order chi connectivity index (χ1) is 12.2. The van der Waals surface area contributed by atoms with Crippen molar-refractivity contribution in [3.05, 3.63) is 36.0 Å². The molecule has 0 saturated carbocycles. The number of aromatic nitrogens is 3. The average molecular weight is 346 g/mol. The second-order valence-electron chi connectivity index (χ2n) is 7.18. The monoisotopic (exact) mass is 346 g/mol. The summed E-state index contributed by atoms with van der Waals surface area (Å²) in [4.78, 5) is 14.1. The first kappa shape index (κ1) is 16.3. The van der Waals surface area contributed by atoms with E-state index in [1.807, 2.05) is 23.0 Å². The van der Waals surface area contributed by atoms with E-state index in [0.29, 0.717) is 25.0 Å². The van der Waals surface area contributed by atoms with Crippen LogP contribution in [0.25, 0.3) is 0 Å². The Balaban J connectivity index is 1.34. The quantitative estimate of drug-likeness (QED) is 0.575. The van der Waals surface area contributed by atoms with Gasteiger partial charge in [0, 0.05) is 12.8 Å². The Kier molecular flexibility index (Phi) is 4.54. The summed E-state index contributed by atoms with van der Waals surface area (Å²) in [6, 6.07) is 4.25. The normalized spacial score (nSPS) is 28.2. The summed E-state index contributed by atoms with van der Waals surface area (Å²) in [5.74, 6) is 1.54. The number of hydrogen-bond donors (Lipinski definition) is 3. The maximum Gasteiger partial charge on any atom is 0.229 e. The first-order valence-electron chi connectivity index (χ1n) is 9.06. The molecule has 8 nitrogen and oxygen atoms in total. The molecule has 0 radical (unpaired) electrons. The number of carbonyl (C=O) groups excluding carboxylic acids is 1. The third kappa shape index (κ3) is 3.45. The molecule has 1 unspecified atom stereocenters. The largest absolute Gasteiger partial charge is 0.467 e. The van der Waals surface area contributed by atoms with Gasteiger partial charge >= 0.3 is 0 Å². The molecule has 3 saturated heterocycles. The fourth-order valence-corrected chi connectivity index (χ4v) is 4.31. The Labute approximate surface area is 146 Å². The zero-order valence-electron chi connectivity index (χ0n) is 14.4. The maximum atomic E-state index is 12.6. The molecule has 5 rings (SSSR count). The van der Waals surface area contributed by atoms with Crippen molar-refractivity contribution in [3.63, 3.8) is 0 Å². The van der Waals surface area contributed by atoms with E-state index in [1.54, 1.807) is 6.26 Å². The minimum Gasteiger partial charge on any atom is -0.467 e. The number of furan rings is 1. The van der Waals surface area contributed by atoms with Crippen molar-refractivity contribution in [2.24, 2.45) is 11.8 Å². The molecule has 2 bridgehead atoms. The van der Waals surface area contributed by atoms with Gasteiger partial charge in [-0.2, -0.15) is 0 Å². The van der Waals surface area contributed by atoms with Gasteiger partial charge in [0.25, 0.3) is 0 Å². The molecular weight excluding hydrogens is 320 g/mol. The van der Waals surface area contributed by atoms with E-state index in [1.165, 1.54) is 4.90 Å². The second kappa shape index (κ2) is 6.97. The van der Waals surface area contributed by atoms with Crippen LogP contribution in [0.5, 0.6) is 0 Å². The van der Waals surface area contributed by atoms with Gasteiger partial charge in [0.2, 0.25) is 5.91 Å². The third-order valence-corrected chi connectivity index (χ3v) is 5.66. The lowest BCUT2D eigenvalue weighted by Gasteiger charge is -2.46. The predicted octanol–water partition coefficient (Wildman–Crippen LogP) is -1.78. The molecule has 4 atom stereocenters. The van der Waals surface area contributed by atoms with Gasteiger partial charge in [0.1, 0.15) is 24.0 Å². The van der Waals surface area contributed by atoms with Crippen molar-refractivity contribution in [1.82, 2.24) is 20.3 Å². The fraction of sp³-hybridized carbons (Fsp3) is 0.588. The van der Waals surface area contributed by atoms with Crippen LogP contribution in [0, 0.1) is 11.8 Å². The van der Waals surface area contributed by atoms with Gasteiger partial charge in [-0.05, 0) is 18.1 Å². The number of piperidine rings is 3. The van der Waals surface area contributed by atoms with Crippen molar-refractivity contribution in [1.29, 1.82) is 0 Å². The highest BCUT2D eigenvalue weighted by Gasteiger charge is 2.46. The molecule has 134 valence electrons. The van der Waals surface area contributed by atoms with Crippen LogP contribution in [-0.2, 0) is 24.4 Å². The van der Waals surface area contributed by atoms with Gasteiger partial charge < -0.3 is 20.4 Å². The molecule has 1 amide bonds. The van der Waals surface area contributed by atoms with Gasteiger partial charge in [-0.15, -0.1) is 5.10 Å². The number of quaternary nitrogens is 2. The van der Waals surface area contributed by atoms with E-state index < -0.39 is 0 Å². The lowest BCUT2D eigenvalue weighted by Crippen LogP contribution is -3.20. The molecule has 25 heavy (non-hydrogen) atoms. The summed E-state index contributed by atoms with van der Waals surface area (Å²) >= 11 is 0. The second-order valence-corrected chi connectivity index (χ2v) is 7.18. The Hall–Kier alpha value is -2.19. The van der Waals surface area contributed by atoms with Crippen LogP contribution in [0.4, 0.5) is 0 Å². The molecule has 0 spiro atoms. The summed E-state index contributed by atoms with van der Waals surface area (Å²) in [6.07, 6.45) is 5.83. The van der Waals surface area contributed by atoms with Crippen LogP contribution < -0.4 is 16.0 Å². The number of amides is 1. The van der Waals surface area contributed by atoms with E-state index in [-0.39, 0.29) is 11.8 Å². The zero-order chi connectivity index (χ0) is 17.2. The van der Waals surface area contributed by atoms with Crippen molar-refractivity contribution < 1.29 is 19.8 Å². The van der Waals surface area contributed by atoms with Crippen molar-refractivity contribution in [2.45, 2.75) is 38.5 Å². The Bertz CT molecular complexity index is 713. The van der Waals surface area contributed by atoms with Crippen molar-refractivity contribution in [2.75, 3.05) is 13.1 Å². The van der Waals surface area contributed by atoms with Gasteiger partial charge in [-0.1, -0.05) is 5.21 Å². The molecule has 3 fully saturated rings. The van der Waals surface area contributed by atoms with E-state index in [9.17, 15) is 4.79 Å². The Morgan fingerprint density at radius 2 is 2.44 bits per heavy atom. The molecule has 0 aliphatic carbocycles. The van der Waals surface area contributed by atoms with Crippen LogP contribution in [-0.4, -0.2) is 40.0 Å². The fourth-order valence-electron chi connectivity index (χ4n) is 4.31. The minimum absolute atomic E-state index is 0.112. The zero-order valence-corrected chi connectivity index (χ0v) is 14.4. The molecule has 0 aromatic carbocycles. The van der Waals surface area contributed by atoms with E-state index in [2.05, 4.69) is 21.4 Å². The van der Waals surface area contributed by atoms with Gasteiger partial charge in [-0.25, -0.2) is 4.68 Å². The number of fused-ring (bicyclic) bond motifs is 3. The van der Waals surface area contributed by atoms with Gasteiger partial charge in [0.15, 0.2) is 0 Å². The van der Waals surface area contributed by atoms with Crippen molar-refractivity contribution in [3.8, 4) is 0 Å². The Morgan fingerprint density at radius 3 is 3.12 bits per heavy atom. The van der Waals surface area contributed by atoms with Crippen LogP contribution in [0.3, 0.4) is 0 Å². The lowest BCUT2D eigenvalue weighted by atomic mass is 9.75. The maximum absolute atomic E-state index is 12.6. The van der Waals surface area contributed by atoms with Crippen LogP contribution in [0.2, 0.25) is 0 Å². The number of nitrogens with one attached hydrogen (secondary N) is 2. The number of carbonyl (C=O) groups is 1. The van der Waals surface area contributed by atoms with Gasteiger partial charge in [-0.3, -0.25) is 4.79 Å². The third-order valence-electron chi connectivity index (χ3n) is 5.66. The van der Waals surface area contributed by atoms with E-state index in [0.717, 1.165) is 43.9 Å². The molecule has 8 heteroatoms. The SMILES string of the molecule is [NH3+]Cc1cn(C[C@H]2C[C@H]3CC[NH+]2C[C@@H]3C(=O)NCc2ccco2)nn1. The molecule has 2 aromatic rings. The standard InChI is InChI=1S/C17H24N6O2/c18-7-13-9-23(21-20-13)10-14-6-12-3-4-22(14)11-16(12)17(24)19-8-15-2-1-5-25-15/h1-2,5,9,12,14,16H,3-4,6-8,10-11,18H2,(H,19,24)/p+2/t12-,14-,16+/m1/s1. The van der Waals surface area contributed by atoms with E-state index >= 15 is 0 Å². The highest BCUT2D eigenvalue weighted by Crippen LogP contribution is 2.27. The molecule has 5 heterocycles. The summed E-state index contributed by atoms with van der Waals surface area (Å²) in [7, 11) is 0. The minimum atomic E-state index is 0.112. The van der Waals surface area contributed by atoms with Crippen LogP contribution >= 0.6 is 0 Å². The molecular formula is C17H26N6O2+2. The molecule has 3 aliphatic heterocycles. The van der Waals surface area contributed by atoms with E-state index in [4.69, 9.17) is 4.42 Å². The average Bonchev–Trinajstić information content (AvgIpc) is 3.32. The van der Waals surface area contributed by atoms with Gasteiger partial charge in [0.05, 0.1) is 44.6 Å². The van der Waals surface area contributed by atoms with Crippen LogP contribution in [0.15, 0.2) is 29.0 Å². The Morgan fingerprint density at radius 1 is 1.52 bits per heavy atom. The lowest BCUT2D eigenvalue weighted by molar-refractivity contribution is -0.945. The van der Waals surface area contributed by atoms with Crippen LogP contribution in [0.1, 0.15) is 24.3 Å². The van der Waals surface area contributed by atoms with Crippen molar-refractivity contribution >= 4 is 5.91 Å². The number of hydrogen-bond acceptors (Lipinski definition) is 4. The predicted molar refractivity (Wildman–Crippen MR) is 87.9 cm³/mol. The topological polar surface area (TPSA) is 105 Å². The number of rotatable bonds is 6. The highest BCUT2D eigenvalue weighted by atomic mass is 16.3. The number of nitrogens with zero attached hydrogens (tertiary/aromatic N) is 3. The molecule has 3 aliphatic rings. The highest BCUT2D eigenvalue weighted by molar-refractivity contribution is 5.79. The first-order valence-corrected chi connectivity index (χ1v) is 9.06. The smallest absolute Gasteiger partial charge is 0.229 e. The summed E-state index contributed by atoms with van der Waals surface area (Å²) in [5, 5.41) is 11.4. The summed E-state index contributed by atoms with van der Waals surface area (Å²) in [6.45, 7) is 4.08.